The Hall–Kier alpha value is -2.43. The van der Waals surface area contributed by atoms with Gasteiger partial charge in [-0.3, -0.25) is 4.79 Å². The Morgan fingerprint density at radius 3 is 2.83 bits per heavy atom. The van der Waals surface area contributed by atoms with Crippen molar-refractivity contribution in [1.82, 2.24) is 4.98 Å². The second-order valence-electron chi connectivity index (χ2n) is 3.64. The number of methoxy groups -OCH3 is 1. The molecule has 0 unspecified atom stereocenters. The molecule has 1 N–H and O–H groups in total. The molecule has 1 aromatic heterocycles. The van der Waals surface area contributed by atoms with Gasteiger partial charge in [-0.25, -0.2) is 9.18 Å². The third-order valence-electron chi connectivity index (χ3n) is 2.53. The Morgan fingerprint density at radius 1 is 1.39 bits per heavy atom. The molecule has 0 saturated heterocycles. The number of aldehydes is 1. The highest BCUT2D eigenvalue weighted by atomic mass is 19.1. The molecule has 0 aliphatic carbocycles. The van der Waals surface area contributed by atoms with Crippen molar-refractivity contribution in [3.63, 3.8) is 0 Å². The quantitative estimate of drug-likeness (QED) is 0.514. The summed E-state index contributed by atoms with van der Waals surface area (Å²) in [4.78, 5) is 24.7. The number of aromatic nitrogens is 1. The van der Waals surface area contributed by atoms with Gasteiger partial charge in [-0.1, -0.05) is 0 Å². The normalized spacial score (nSPS) is 11.0. The van der Waals surface area contributed by atoms with Crippen LogP contribution in [0, 0.1) is 5.82 Å². The van der Waals surface area contributed by atoms with E-state index in [0.717, 1.165) is 0 Å². The highest BCUT2D eigenvalue weighted by molar-refractivity contribution is 6.03. The molecule has 0 saturated carbocycles. The third kappa shape index (κ3) is 2.15. The number of halogens is 1. The predicted octanol–water partition coefficient (Wildman–Crippen LogP) is 2.31. The van der Waals surface area contributed by atoms with Gasteiger partial charge in [-0.2, -0.15) is 0 Å². The van der Waals surface area contributed by atoms with Crippen molar-refractivity contribution in [2.24, 2.45) is 0 Å². The van der Waals surface area contributed by atoms with Crippen LogP contribution in [0.5, 0.6) is 0 Å². The lowest BCUT2D eigenvalue weighted by Crippen LogP contribution is -1.93. The molecule has 0 atom stereocenters. The van der Waals surface area contributed by atoms with Crippen molar-refractivity contribution >= 4 is 29.2 Å². The van der Waals surface area contributed by atoms with Crippen molar-refractivity contribution in [3.8, 4) is 0 Å². The molecule has 2 rings (SSSR count). The molecule has 0 spiro atoms. The number of carbonyl (C=O) groups excluding carboxylic acids is 2. The van der Waals surface area contributed by atoms with E-state index in [9.17, 15) is 14.0 Å². The molecule has 0 fully saturated rings. The molecule has 1 heterocycles. The molecule has 92 valence electrons. The second-order valence-corrected chi connectivity index (χ2v) is 3.64. The summed E-state index contributed by atoms with van der Waals surface area (Å²) in [5.74, 6) is -0.998. The van der Waals surface area contributed by atoms with E-state index in [1.807, 2.05) is 0 Å². The van der Waals surface area contributed by atoms with E-state index in [0.29, 0.717) is 28.3 Å². The zero-order chi connectivity index (χ0) is 13.1. The number of rotatable bonds is 3. The number of nitrogens with one attached hydrogen (secondary N) is 1. The maximum Gasteiger partial charge on any atom is 0.330 e. The van der Waals surface area contributed by atoms with E-state index in [1.165, 1.54) is 37.6 Å². The van der Waals surface area contributed by atoms with Gasteiger partial charge < -0.3 is 9.72 Å². The number of H-pyrrole nitrogens is 1. The van der Waals surface area contributed by atoms with Gasteiger partial charge >= 0.3 is 5.97 Å². The highest BCUT2D eigenvalue weighted by Gasteiger charge is 2.09. The van der Waals surface area contributed by atoms with E-state index in [1.54, 1.807) is 0 Å². The summed E-state index contributed by atoms with van der Waals surface area (Å²) in [5.41, 5.74) is 1.36. The number of ether oxygens (including phenoxy) is 1. The first-order valence-corrected chi connectivity index (χ1v) is 5.17. The van der Waals surface area contributed by atoms with Crippen LogP contribution >= 0.6 is 0 Å². The SMILES string of the molecule is COC(=O)/C=C/c1cc(F)cc2[nH]cc(C=O)c12. The van der Waals surface area contributed by atoms with Crippen LogP contribution in [-0.2, 0) is 9.53 Å². The number of hydrogen-bond donors (Lipinski definition) is 1. The lowest BCUT2D eigenvalue weighted by Gasteiger charge is -1.99. The van der Waals surface area contributed by atoms with Crippen LogP contribution < -0.4 is 0 Å². The number of benzene rings is 1. The van der Waals surface area contributed by atoms with Gasteiger partial charge in [0.15, 0.2) is 6.29 Å². The summed E-state index contributed by atoms with van der Waals surface area (Å²) in [7, 11) is 1.25. The fourth-order valence-electron chi connectivity index (χ4n) is 1.74. The fourth-order valence-corrected chi connectivity index (χ4v) is 1.74. The first kappa shape index (κ1) is 12.0. The lowest BCUT2D eigenvalue weighted by atomic mass is 10.1. The van der Waals surface area contributed by atoms with Crippen LogP contribution in [0.15, 0.2) is 24.4 Å². The van der Waals surface area contributed by atoms with Gasteiger partial charge in [0.05, 0.1) is 7.11 Å². The standard InChI is InChI=1S/C13H10FNO3/c1-18-12(17)3-2-8-4-10(14)5-11-13(8)9(7-16)6-15-11/h2-7,15H,1H3/b3-2+. The molecule has 0 bridgehead atoms. The maximum atomic E-state index is 13.4. The van der Waals surface area contributed by atoms with E-state index in [-0.39, 0.29) is 0 Å². The Kier molecular flexibility index (Phi) is 3.23. The van der Waals surface area contributed by atoms with Crippen LogP contribution in [0.25, 0.3) is 17.0 Å². The average Bonchev–Trinajstić information content (AvgIpc) is 2.78. The summed E-state index contributed by atoms with van der Waals surface area (Å²) in [5, 5.41) is 0.576. The largest absolute Gasteiger partial charge is 0.466 e. The van der Waals surface area contributed by atoms with E-state index in [4.69, 9.17) is 0 Å². The molecule has 0 aliphatic heterocycles. The van der Waals surface area contributed by atoms with Crippen LogP contribution in [0.3, 0.4) is 0 Å². The minimum atomic E-state index is -0.546. The minimum Gasteiger partial charge on any atom is -0.466 e. The zero-order valence-corrected chi connectivity index (χ0v) is 9.57. The van der Waals surface area contributed by atoms with Crippen molar-refractivity contribution < 1.29 is 18.7 Å². The fraction of sp³-hybridized carbons (Fsp3) is 0.0769. The van der Waals surface area contributed by atoms with E-state index >= 15 is 0 Å². The van der Waals surface area contributed by atoms with Crippen molar-refractivity contribution in [1.29, 1.82) is 0 Å². The second kappa shape index (κ2) is 4.83. The van der Waals surface area contributed by atoms with Crippen LogP contribution in [-0.4, -0.2) is 24.3 Å². The monoisotopic (exact) mass is 247 g/mol. The molecule has 2 aromatic rings. The van der Waals surface area contributed by atoms with Gasteiger partial charge in [-0.05, 0) is 23.8 Å². The molecule has 0 aliphatic rings. The van der Waals surface area contributed by atoms with Crippen LogP contribution in [0.4, 0.5) is 4.39 Å². The topological polar surface area (TPSA) is 59.2 Å². The average molecular weight is 247 g/mol. The van der Waals surface area contributed by atoms with Crippen molar-refractivity contribution in [2.45, 2.75) is 0 Å². The van der Waals surface area contributed by atoms with Crippen molar-refractivity contribution in [2.75, 3.05) is 7.11 Å². The molecule has 5 heteroatoms. The van der Waals surface area contributed by atoms with Gasteiger partial charge in [-0.15, -0.1) is 0 Å². The first-order chi connectivity index (χ1) is 8.65. The summed E-state index contributed by atoms with van der Waals surface area (Å²) < 4.78 is 17.8. The van der Waals surface area contributed by atoms with E-state index in [2.05, 4.69) is 9.72 Å². The Bertz CT molecular complexity index is 643. The minimum absolute atomic E-state index is 0.412. The number of hydrogen-bond acceptors (Lipinski definition) is 3. The lowest BCUT2D eigenvalue weighted by molar-refractivity contribution is -0.134. The third-order valence-corrected chi connectivity index (χ3v) is 2.53. The number of esters is 1. The number of fused-ring (bicyclic) bond motifs is 1. The smallest absolute Gasteiger partial charge is 0.330 e. The summed E-state index contributed by atoms with van der Waals surface area (Å²) in [6, 6.07) is 2.54. The predicted molar refractivity (Wildman–Crippen MR) is 64.7 cm³/mol. The van der Waals surface area contributed by atoms with Gasteiger partial charge in [0.25, 0.3) is 0 Å². The van der Waals surface area contributed by atoms with Gasteiger partial charge in [0.2, 0.25) is 0 Å². The Labute approximate surface area is 102 Å². The molecular weight excluding hydrogens is 237 g/mol. The van der Waals surface area contributed by atoms with Crippen LogP contribution in [0.2, 0.25) is 0 Å². The van der Waals surface area contributed by atoms with Gasteiger partial charge in [0.1, 0.15) is 5.82 Å². The summed E-state index contributed by atoms with van der Waals surface area (Å²) >= 11 is 0. The van der Waals surface area contributed by atoms with Gasteiger partial charge in [0, 0.05) is 28.7 Å². The molecule has 18 heavy (non-hydrogen) atoms. The number of aromatic amines is 1. The Balaban J connectivity index is 2.60. The van der Waals surface area contributed by atoms with Crippen LogP contribution in [0.1, 0.15) is 15.9 Å². The van der Waals surface area contributed by atoms with E-state index < -0.39 is 11.8 Å². The maximum absolute atomic E-state index is 13.4. The first-order valence-electron chi connectivity index (χ1n) is 5.17. The molecule has 0 amide bonds. The Morgan fingerprint density at radius 2 is 2.17 bits per heavy atom. The molecular formula is C13H10FNO3. The molecule has 0 radical (unpaired) electrons. The van der Waals surface area contributed by atoms with Crippen molar-refractivity contribution in [3.05, 3.63) is 41.3 Å². The molecule has 4 nitrogen and oxygen atoms in total. The summed E-state index contributed by atoms with van der Waals surface area (Å²) in [6.07, 6.45) is 4.76. The summed E-state index contributed by atoms with van der Waals surface area (Å²) in [6.45, 7) is 0. The number of carbonyl (C=O) groups is 2. The highest BCUT2D eigenvalue weighted by Crippen LogP contribution is 2.24. The zero-order valence-electron chi connectivity index (χ0n) is 9.57. The molecule has 1 aromatic carbocycles.